The van der Waals surface area contributed by atoms with E-state index in [1.165, 1.54) is 10.0 Å². The summed E-state index contributed by atoms with van der Waals surface area (Å²) in [7, 11) is 0. The largest absolute Gasteiger partial charge is 0.442 e. The number of nitrogens with zero attached hydrogens (tertiary/aromatic N) is 2. The minimum Gasteiger partial charge on any atom is -0.442 e. The second-order valence-electron chi connectivity index (χ2n) is 9.56. The van der Waals surface area contributed by atoms with E-state index in [2.05, 4.69) is 0 Å². The number of carbonyl (C=O) groups is 2. The van der Waals surface area contributed by atoms with E-state index in [0.717, 1.165) is 11.1 Å². The third-order valence-corrected chi connectivity index (χ3v) is 5.13. The Kier molecular flexibility index (Phi) is 4.22. The number of hydrazine groups is 1. The van der Waals surface area contributed by atoms with E-state index >= 15 is 0 Å². The zero-order chi connectivity index (χ0) is 19.6. The van der Waals surface area contributed by atoms with Crippen molar-refractivity contribution in [3.05, 3.63) is 11.1 Å². The van der Waals surface area contributed by atoms with Gasteiger partial charge in [-0.1, -0.05) is 0 Å². The van der Waals surface area contributed by atoms with Gasteiger partial charge in [0.05, 0.1) is 11.1 Å². The first kappa shape index (κ1) is 19.6. The van der Waals surface area contributed by atoms with Crippen molar-refractivity contribution in [1.29, 1.82) is 0 Å². The Morgan fingerprint density at radius 2 is 1.08 bits per heavy atom. The van der Waals surface area contributed by atoms with Crippen molar-refractivity contribution in [3.63, 3.8) is 0 Å². The number of amides is 2. The van der Waals surface area contributed by atoms with Crippen LogP contribution in [-0.4, -0.2) is 44.5 Å². The van der Waals surface area contributed by atoms with Gasteiger partial charge in [0.15, 0.2) is 0 Å². The summed E-state index contributed by atoms with van der Waals surface area (Å²) in [6.07, 6.45) is -0.427. The first-order valence-electron chi connectivity index (χ1n) is 8.78. The Balaban J connectivity index is 2.50. The lowest BCUT2D eigenvalue weighted by Crippen LogP contribution is -2.62. The monoisotopic (exact) mass is 352 g/mol. The van der Waals surface area contributed by atoms with Crippen LogP contribution in [0.4, 0.5) is 9.59 Å². The molecule has 142 valence electrons. The quantitative estimate of drug-likeness (QED) is 0.596. The van der Waals surface area contributed by atoms with E-state index < -0.39 is 34.5 Å². The van der Waals surface area contributed by atoms with Crippen LogP contribution < -0.4 is 0 Å². The predicted octanol–water partition coefficient (Wildman–Crippen LogP) is 4.65. The molecule has 2 bridgehead atoms. The number of carbonyl (C=O) groups excluding carboxylic acids is 2. The Morgan fingerprint density at radius 1 is 0.800 bits per heavy atom. The lowest BCUT2D eigenvalue weighted by atomic mass is 9.92. The Hall–Kier alpha value is -1.72. The zero-order valence-electron chi connectivity index (χ0n) is 17.2. The normalized spacial score (nSPS) is 29.4. The van der Waals surface area contributed by atoms with Crippen LogP contribution in [0.25, 0.3) is 0 Å². The number of hydrogen-bond donors (Lipinski definition) is 0. The molecule has 1 aliphatic heterocycles. The van der Waals surface area contributed by atoms with Crippen molar-refractivity contribution in [2.45, 2.75) is 97.9 Å². The molecule has 2 aliphatic rings. The maximum atomic E-state index is 13.0. The van der Waals surface area contributed by atoms with Crippen molar-refractivity contribution in [1.82, 2.24) is 10.0 Å². The highest BCUT2D eigenvalue weighted by Gasteiger charge is 2.66. The summed E-state index contributed by atoms with van der Waals surface area (Å²) < 4.78 is 11.2. The maximum absolute atomic E-state index is 13.0. The van der Waals surface area contributed by atoms with Gasteiger partial charge in [-0.3, -0.25) is 0 Å². The summed E-state index contributed by atoms with van der Waals surface area (Å²) in [5, 5.41) is 2.91. The minimum absolute atomic E-state index is 0.531. The molecule has 0 spiro atoms. The SMILES string of the molecule is CC1=C(C)C2(C)CC1(C)N(C(=O)OC(C)(C)C)N2C(=O)OC(C)(C)C. The molecule has 0 aromatic carbocycles. The first-order valence-corrected chi connectivity index (χ1v) is 8.78. The van der Waals surface area contributed by atoms with Crippen molar-refractivity contribution in [2.24, 2.45) is 0 Å². The lowest BCUT2D eigenvalue weighted by Gasteiger charge is -2.46. The molecule has 0 saturated carbocycles. The second-order valence-corrected chi connectivity index (χ2v) is 9.56. The summed E-state index contributed by atoms with van der Waals surface area (Å²) in [4.78, 5) is 25.9. The molecular formula is C19H32N2O4. The van der Waals surface area contributed by atoms with Crippen molar-refractivity contribution in [2.75, 3.05) is 0 Å². The average molecular weight is 352 g/mol. The number of rotatable bonds is 0. The van der Waals surface area contributed by atoms with Gasteiger partial charge in [0.2, 0.25) is 0 Å². The number of fused-ring (bicyclic) bond motifs is 2. The van der Waals surface area contributed by atoms with Gasteiger partial charge >= 0.3 is 12.2 Å². The van der Waals surface area contributed by atoms with Crippen LogP contribution in [-0.2, 0) is 9.47 Å². The van der Waals surface area contributed by atoms with E-state index in [0.29, 0.717) is 6.42 Å². The molecule has 25 heavy (non-hydrogen) atoms. The fourth-order valence-electron chi connectivity index (χ4n) is 3.83. The van der Waals surface area contributed by atoms with E-state index in [1.807, 2.05) is 69.2 Å². The molecule has 2 atom stereocenters. The van der Waals surface area contributed by atoms with Crippen LogP contribution in [0.1, 0.15) is 75.7 Å². The maximum Gasteiger partial charge on any atom is 0.430 e. The van der Waals surface area contributed by atoms with Crippen LogP contribution in [0.2, 0.25) is 0 Å². The van der Waals surface area contributed by atoms with E-state index in [-0.39, 0.29) is 0 Å². The Morgan fingerprint density at radius 3 is 1.32 bits per heavy atom. The molecule has 0 radical (unpaired) electrons. The summed E-state index contributed by atoms with van der Waals surface area (Å²) >= 11 is 0. The summed E-state index contributed by atoms with van der Waals surface area (Å²) in [6, 6.07) is 0. The molecule has 1 fully saturated rings. The highest BCUT2D eigenvalue weighted by atomic mass is 16.6. The fraction of sp³-hybridized carbons (Fsp3) is 0.789. The molecule has 1 saturated heterocycles. The van der Waals surface area contributed by atoms with Gasteiger partial charge in [0.1, 0.15) is 11.2 Å². The van der Waals surface area contributed by atoms with Crippen LogP contribution in [0.15, 0.2) is 11.1 Å². The van der Waals surface area contributed by atoms with Crippen molar-refractivity contribution in [3.8, 4) is 0 Å². The van der Waals surface area contributed by atoms with Crippen molar-refractivity contribution < 1.29 is 19.1 Å². The van der Waals surface area contributed by atoms with Gasteiger partial charge in [-0.15, -0.1) is 0 Å². The number of hydrogen-bond acceptors (Lipinski definition) is 4. The van der Waals surface area contributed by atoms with E-state index in [9.17, 15) is 9.59 Å². The van der Waals surface area contributed by atoms with Crippen molar-refractivity contribution >= 4 is 12.2 Å². The Labute approximate surface area is 151 Å². The third-order valence-electron chi connectivity index (χ3n) is 5.13. The predicted molar refractivity (Wildman–Crippen MR) is 95.9 cm³/mol. The molecule has 0 aromatic rings. The second kappa shape index (κ2) is 5.39. The van der Waals surface area contributed by atoms with Gasteiger partial charge in [-0.2, -0.15) is 0 Å². The smallest absolute Gasteiger partial charge is 0.430 e. The minimum atomic E-state index is -0.650. The third kappa shape index (κ3) is 3.11. The summed E-state index contributed by atoms with van der Waals surface area (Å²) in [5.74, 6) is 0. The molecule has 1 heterocycles. The molecule has 6 nitrogen and oxygen atoms in total. The number of ether oxygens (including phenoxy) is 2. The first-order chi connectivity index (χ1) is 11.0. The van der Waals surface area contributed by atoms with E-state index in [4.69, 9.17) is 9.47 Å². The Bertz CT molecular complexity index is 587. The standard InChI is InChI=1S/C19H32N2O4/c1-12-13(2)19(10)11-18(12,9)20(14(22)24-16(3,4)5)21(19)15(23)25-17(6,7)8/h11H2,1-10H3. The molecule has 0 N–H and O–H groups in total. The van der Waals surface area contributed by atoms with E-state index in [1.54, 1.807) is 0 Å². The van der Waals surface area contributed by atoms with Gasteiger partial charge in [0.25, 0.3) is 0 Å². The van der Waals surface area contributed by atoms with Gasteiger partial charge < -0.3 is 9.47 Å². The van der Waals surface area contributed by atoms with Gasteiger partial charge in [-0.25, -0.2) is 19.6 Å². The van der Waals surface area contributed by atoms with Gasteiger partial charge in [-0.05, 0) is 80.4 Å². The topological polar surface area (TPSA) is 59.1 Å². The van der Waals surface area contributed by atoms with Crippen LogP contribution in [0, 0.1) is 0 Å². The molecular weight excluding hydrogens is 320 g/mol. The van der Waals surface area contributed by atoms with Gasteiger partial charge in [0, 0.05) is 6.42 Å². The summed E-state index contributed by atoms with van der Waals surface area (Å²) in [6.45, 7) is 18.9. The van der Waals surface area contributed by atoms with Crippen LogP contribution >= 0.6 is 0 Å². The zero-order valence-corrected chi connectivity index (χ0v) is 17.2. The fourth-order valence-corrected chi connectivity index (χ4v) is 3.83. The lowest BCUT2D eigenvalue weighted by molar-refractivity contribution is -0.0870. The molecule has 1 aliphatic carbocycles. The highest BCUT2D eigenvalue weighted by Crippen LogP contribution is 2.56. The molecule has 2 rings (SSSR count). The average Bonchev–Trinajstić information content (AvgIpc) is 2.71. The van der Waals surface area contributed by atoms with Crippen LogP contribution in [0.3, 0.4) is 0 Å². The molecule has 2 unspecified atom stereocenters. The molecule has 0 aromatic heterocycles. The molecule has 6 heteroatoms. The molecule has 2 amide bonds. The van der Waals surface area contributed by atoms with Crippen LogP contribution in [0.5, 0.6) is 0 Å². The highest BCUT2D eigenvalue weighted by molar-refractivity contribution is 5.80. The summed E-state index contributed by atoms with van der Waals surface area (Å²) in [5.41, 5.74) is -0.303.